The SMILES string of the molecule is O=C1C2=CC=NC2=Nc2cccnc21. The minimum atomic E-state index is -0.0944. The van der Waals surface area contributed by atoms with Gasteiger partial charge in [0, 0.05) is 12.4 Å². The first-order chi connectivity index (χ1) is 6.86. The lowest BCUT2D eigenvalue weighted by Gasteiger charge is -2.10. The van der Waals surface area contributed by atoms with E-state index in [1.54, 1.807) is 30.6 Å². The zero-order valence-corrected chi connectivity index (χ0v) is 7.14. The number of aliphatic imine (C=N–C) groups is 2. The highest BCUT2D eigenvalue weighted by atomic mass is 16.1. The molecule has 0 saturated carbocycles. The largest absolute Gasteiger partial charge is 0.287 e. The van der Waals surface area contributed by atoms with E-state index in [0.29, 0.717) is 22.8 Å². The molecule has 0 aromatic carbocycles. The summed E-state index contributed by atoms with van der Waals surface area (Å²) in [5, 5.41) is 0. The summed E-state index contributed by atoms with van der Waals surface area (Å²) in [5.41, 5.74) is 1.55. The van der Waals surface area contributed by atoms with Crippen LogP contribution in [0.5, 0.6) is 0 Å². The average molecular weight is 183 g/mol. The highest BCUT2D eigenvalue weighted by Crippen LogP contribution is 2.27. The Morgan fingerprint density at radius 2 is 2.21 bits per heavy atom. The molecule has 4 nitrogen and oxygen atoms in total. The number of nitrogens with zero attached hydrogens (tertiary/aromatic N) is 3. The standard InChI is InChI=1S/C10H5N3O/c14-9-6-3-5-12-10(6)13-7-2-1-4-11-8(7)9/h1-5H. The van der Waals surface area contributed by atoms with Crippen LogP contribution in [0.1, 0.15) is 10.5 Å². The minimum Gasteiger partial charge on any atom is -0.287 e. The third kappa shape index (κ3) is 0.821. The van der Waals surface area contributed by atoms with E-state index >= 15 is 0 Å². The molecule has 0 amide bonds. The maximum Gasteiger partial charge on any atom is 0.217 e. The summed E-state index contributed by atoms with van der Waals surface area (Å²) < 4.78 is 0. The molecule has 0 spiro atoms. The molecule has 0 radical (unpaired) electrons. The number of pyridine rings is 1. The van der Waals surface area contributed by atoms with Crippen LogP contribution in [-0.2, 0) is 0 Å². The summed E-state index contributed by atoms with van der Waals surface area (Å²) >= 11 is 0. The highest BCUT2D eigenvalue weighted by molar-refractivity contribution is 6.35. The van der Waals surface area contributed by atoms with Crippen LogP contribution in [0.4, 0.5) is 5.69 Å². The van der Waals surface area contributed by atoms with Crippen LogP contribution in [0.15, 0.2) is 40.0 Å². The van der Waals surface area contributed by atoms with Gasteiger partial charge in [0.2, 0.25) is 5.78 Å². The number of ketones is 1. The molecule has 14 heavy (non-hydrogen) atoms. The first kappa shape index (κ1) is 7.32. The van der Waals surface area contributed by atoms with Crippen molar-refractivity contribution in [3.05, 3.63) is 35.7 Å². The second kappa shape index (κ2) is 2.45. The van der Waals surface area contributed by atoms with Crippen molar-refractivity contribution in [1.29, 1.82) is 0 Å². The number of amidine groups is 1. The molecule has 3 rings (SSSR count). The van der Waals surface area contributed by atoms with Gasteiger partial charge in [0.15, 0.2) is 5.84 Å². The van der Waals surface area contributed by atoms with E-state index in [1.807, 2.05) is 0 Å². The van der Waals surface area contributed by atoms with Gasteiger partial charge in [-0.2, -0.15) is 0 Å². The van der Waals surface area contributed by atoms with Crippen LogP contribution in [0.3, 0.4) is 0 Å². The van der Waals surface area contributed by atoms with Gasteiger partial charge in [-0.25, -0.2) is 9.98 Å². The van der Waals surface area contributed by atoms with E-state index in [-0.39, 0.29) is 5.78 Å². The lowest BCUT2D eigenvalue weighted by Crippen LogP contribution is -2.15. The first-order valence-corrected chi connectivity index (χ1v) is 4.19. The van der Waals surface area contributed by atoms with E-state index in [4.69, 9.17) is 0 Å². The number of hydrogen-bond donors (Lipinski definition) is 0. The number of allylic oxidation sites excluding steroid dienone is 1. The first-order valence-electron chi connectivity index (χ1n) is 4.19. The van der Waals surface area contributed by atoms with E-state index in [1.165, 1.54) is 0 Å². The van der Waals surface area contributed by atoms with Crippen molar-refractivity contribution in [2.45, 2.75) is 0 Å². The highest BCUT2D eigenvalue weighted by Gasteiger charge is 2.27. The van der Waals surface area contributed by atoms with Crippen molar-refractivity contribution in [2.75, 3.05) is 0 Å². The van der Waals surface area contributed by atoms with E-state index in [9.17, 15) is 4.79 Å². The fourth-order valence-corrected chi connectivity index (χ4v) is 1.50. The topological polar surface area (TPSA) is 54.7 Å². The number of fused-ring (bicyclic) bond motifs is 2. The Labute approximate surface area is 79.7 Å². The molecular formula is C10H5N3O. The van der Waals surface area contributed by atoms with Crippen molar-refractivity contribution in [3.63, 3.8) is 0 Å². The maximum atomic E-state index is 11.8. The van der Waals surface area contributed by atoms with Gasteiger partial charge in [-0.15, -0.1) is 0 Å². The van der Waals surface area contributed by atoms with E-state index in [2.05, 4.69) is 15.0 Å². The summed E-state index contributed by atoms with van der Waals surface area (Å²) in [6, 6.07) is 3.52. The molecule has 0 unspecified atom stereocenters. The molecule has 1 aromatic heterocycles. The van der Waals surface area contributed by atoms with Crippen molar-refractivity contribution >= 4 is 23.5 Å². The summed E-state index contributed by atoms with van der Waals surface area (Å²) in [6.45, 7) is 0. The van der Waals surface area contributed by atoms with Crippen LogP contribution in [0.2, 0.25) is 0 Å². The number of carbonyl (C=O) groups is 1. The lowest BCUT2D eigenvalue weighted by atomic mass is 10.0. The fraction of sp³-hybridized carbons (Fsp3) is 0. The van der Waals surface area contributed by atoms with E-state index < -0.39 is 0 Å². The van der Waals surface area contributed by atoms with Crippen molar-refractivity contribution in [2.24, 2.45) is 9.98 Å². The number of aromatic nitrogens is 1. The number of hydrogen-bond acceptors (Lipinski definition) is 4. The Morgan fingerprint density at radius 1 is 1.29 bits per heavy atom. The van der Waals surface area contributed by atoms with Crippen molar-refractivity contribution in [3.8, 4) is 0 Å². The van der Waals surface area contributed by atoms with Crippen LogP contribution >= 0.6 is 0 Å². The normalized spacial score (nSPS) is 17.3. The average Bonchev–Trinajstić information content (AvgIpc) is 2.66. The summed E-state index contributed by atoms with van der Waals surface area (Å²) in [6.07, 6.45) is 4.84. The Balaban J connectivity index is 2.31. The second-order valence-corrected chi connectivity index (χ2v) is 2.99. The van der Waals surface area contributed by atoms with Gasteiger partial charge in [0.25, 0.3) is 0 Å². The third-order valence-electron chi connectivity index (χ3n) is 2.15. The van der Waals surface area contributed by atoms with Gasteiger partial charge in [0.1, 0.15) is 5.69 Å². The molecule has 4 heteroatoms. The lowest BCUT2D eigenvalue weighted by molar-refractivity contribution is 0.103. The van der Waals surface area contributed by atoms with Gasteiger partial charge in [-0.05, 0) is 18.2 Å². The third-order valence-corrected chi connectivity index (χ3v) is 2.15. The second-order valence-electron chi connectivity index (χ2n) is 2.99. The summed E-state index contributed by atoms with van der Waals surface area (Å²) in [5.74, 6) is 0.401. The Hall–Kier alpha value is -2.10. The minimum absolute atomic E-state index is 0.0944. The molecule has 66 valence electrons. The predicted molar refractivity (Wildman–Crippen MR) is 52.2 cm³/mol. The van der Waals surface area contributed by atoms with Gasteiger partial charge in [-0.3, -0.25) is 9.78 Å². The molecule has 0 aliphatic carbocycles. The molecule has 0 saturated heterocycles. The smallest absolute Gasteiger partial charge is 0.217 e. The fourth-order valence-electron chi connectivity index (χ4n) is 1.50. The Kier molecular flexibility index (Phi) is 1.28. The summed E-state index contributed by atoms with van der Waals surface area (Å²) in [7, 11) is 0. The van der Waals surface area contributed by atoms with Crippen LogP contribution in [-0.4, -0.2) is 22.8 Å². The molecule has 0 N–H and O–H groups in total. The zero-order chi connectivity index (χ0) is 9.54. The Morgan fingerprint density at radius 3 is 3.14 bits per heavy atom. The van der Waals surface area contributed by atoms with Crippen LogP contribution < -0.4 is 0 Å². The molecule has 2 aliphatic heterocycles. The van der Waals surface area contributed by atoms with Crippen molar-refractivity contribution in [1.82, 2.24) is 4.98 Å². The van der Waals surface area contributed by atoms with E-state index in [0.717, 1.165) is 0 Å². The van der Waals surface area contributed by atoms with Gasteiger partial charge >= 0.3 is 0 Å². The van der Waals surface area contributed by atoms with Gasteiger partial charge in [-0.1, -0.05) is 0 Å². The molecule has 0 fully saturated rings. The predicted octanol–water partition coefficient (Wildman–Crippen LogP) is 1.32. The molecule has 2 aliphatic rings. The molecule has 0 atom stereocenters. The molecule has 1 aromatic rings. The quantitative estimate of drug-likeness (QED) is 0.609. The molecule has 3 heterocycles. The number of Topliss-reactive ketones (excluding diaryl/α,β-unsaturated/α-hetero) is 1. The molecule has 0 bridgehead atoms. The monoisotopic (exact) mass is 183 g/mol. The zero-order valence-electron chi connectivity index (χ0n) is 7.14. The number of carbonyl (C=O) groups excluding carboxylic acids is 1. The van der Waals surface area contributed by atoms with Gasteiger partial charge in [0.05, 0.1) is 11.3 Å². The number of rotatable bonds is 0. The summed E-state index contributed by atoms with van der Waals surface area (Å²) in [4.78, 5) is 24.0. The molecular weight excluding hydrogens is 178 g/mol. The van der Waals surface area contributed by atoms with Crippen LogP contribution in [0, 0.1) is 0 Å². The van der Waals surface area contributed by atoms with Gasteiger partial charge < -0.3 is 0 Å². The maximum absolute atomic E-state index is 11.8. The van der Waals surface area contributed by atoms with Crippen LogP contribution in [0.25, 0.3) is 0 Å². The Bertz CT molecular complexity index is 526. The van der Waals surface area contributed by atoms with Crippen molar-refractivity contribution < 1.29 is 4.79 Å².